The normalized spacial score (nSPS) is 18.1. The van der Waals surface area contributed by atoms with Crippen LogP contribution in [0, 0.1) is 5.92 Å². The van der Waals surface area contributed by atoms with Gasteiger partial charge in [-0.25, -0.2) is 15.0 Å². The van der Waals surface area contributed by atoms with Crippen molar-refractivity contribution in [3.8, 4) is 11.4 Å². The smallest absolute Gasteiger partial charge is 0.161 e. The summed E-state index contributed by atoms with van der Waals surface area (Å²) in [5, 5.41) is 10.8. The lowest BCUT2D eigenvalue weighted by Crippen LogP contribution is -2.37. The van der Waals surface area contributed by atoms with E-state index >= 15 is 0 Å². The number of aliphatic hydroxyl groups is 1. The zero-order chi connectivity index (χ0) is 19.8. The van der Waals surface area contributed by atoms with Gasteiger partial charge in [-0.3, -0.25) is 4.98 Å². The molecule has 1 aliphatic carbocycles. The molecule has 1 unspecified atom stereocenters. The second kappa shape index (κ2) is 7.55. The number of imidazole rings is 1. The number of fused-ring (bicyclic) bond motifs is 1. The Hall–Kier alpha value is -2.80. The molecule has 1 N–H and O–H groups in total. The van der Waals surface area contributed by atoms with E-state index in [-0.39, 0.29) is 5.92 Å². The predicted molar refractivity (Wildman–Crippen MR) is 110 cm³/mol. The van der Waals surface area contributed by atoms with Crippen molar-refractivity contribution in [3.05, 3.63) is 54.0 Å². The second-order valence-corrected chi connectivity index (χ2v) is 8.05. The summed E-state index contributed by atoms with van der Waals surface area (Å²) >= 11 is 0. The monoisotopic (exact) mass is 390 g/mol. The van der Waals surface area contributed by atoms with Crippen molar-refractivity contribution in [3.63, 3.8) is 0 Å². The number of hydrogen-bond donors (Lipinski definition) is 1. The molecule has 1 saturated heterocycles. The molecule has 3 aromatic heterocycles. The fourth-order valence-electron chi connectivity index (χ4n) is 4.60. The molecule has 2 aliphatic rings. The molecular weight excluding hydrogens is 364 g/mol. The largest absolute Gasteiger partial charge is 0.385 e. The van der Waals surface area contributed by atoms with Crippen LogP contribution in [0.3, 0.4) is 0 Å². The molecule has 0 spiro atoms. The number of rotatable bonds is 4. The molecule has 0 amide bonds. The maximum atomic E-state index is 10.8. The van der Waals surface area contributed by atoms with Crippen molar-refractivity contribution in [2.24, 2.45) is 13.0 Å². The van der Waals surface area contributed by atoms with E-state index in [9.17, 15) is 5.11 Å². The van der Waals surface area contributed by atoms with Crippen LogP contribution >= 0.6 is 0 Å². The minimum atomic E-state index is -0.513. The average molecular weight is 390 g/mol. The number of nitrogens with zero attached hydrogens (tertiary/aromatic N) is 6. The van der Waals surface area contributed by atoms with Crippen LogP contribution in [0.2, 0.25) is 0 Å². The van der Waals surface area contributed by atoms with Crippen molar-refractivity contribution in [1.29, 1.82) is 0 Å². The Morgan fingerprint density at radius 2 is 1.86 bits per heavy atom. The first-order chi connectivity index (χ1) is 14.2. The second-order valence-electron chi connectivity index (χ2n) is 8.05. The first kappa shape index (κ1) is 18.2. The lowest BCUT2D eigenvalue weighted by atomic mass is 9.90. The Balaban J connectivity index is 1.38. The molecule has 7 nitrogen and oxygen atoms in total. The summed E-state index contributed by atoms with van der Waals surface area (Å²) in [4.78, 5) is 20.7. The van der Waals surface area contributed by atoms with Gasteiger partial charge in [0, 0.05) is 61.7 Å². The minimum Gasteiger partial charge on any atom is -0.385 e. The van der Waals surface area contributed by atoms with Gasteiger partial charge in [0.1, 0.15) is 17.7 Å². The molecule has 150 valence electrons. The van der Waals surface area contributed by atoms with E-state index in [1.807, 2.05) is 29.9 Å². The van der Waals surface area contributed by atoms with Gasteiger partial charge in [-0.2, -0.15) is 0 Å². The lowest BCUT2D eigenvalue weighted by Gasteiger charge is -2.35. The lowest BCUT2D eigenvalue weighted by molar-refractivity contribution is 0.0824. The molecule has 5 rings (SSSR count). The van der Waals surface area contributed by atoms with Gasteiger partial charge >= 0.3 is 0 Å². The third-order valence-corrected chi connectivity index (χ3v) is 6.26. The Kier molecular flexibility index (Phi) is 4.75. The molecule has 0 saturated carbocycles. The molecule has 7 heteroatoms. The number of aromatic nitrogens is 5. The number of pyridine rings is 1. The number of aliphatic hydroxyl groups excluding tert-OH is 1. The van der Waals surface area contributed by atoms with E-state index in [1.54, 1.807) is 18.6 Å². The zero-order valence-corrected chi connectivity index (χ0v) is 16.7. The Morgan fingerprint density at radius 1 is 1.07 bits per heavy atom. The average Bonchev–Trinajstić information content (AvgIpc) is 3.42. The van der Waals surface area contributed by atoms with Crippen LogP contribution in [0.1, 0.15) is 42.4 Å². The summed E-state index contributed by atoms with van der Waals surface area (Å²) in [6.45, 7) is 1.79. The highest BCUT2D eigenvalue weighted by Gasteiger charge is 2.31. The number of aryl methyl sites for hydroxylation is 2. The van der Waals surface area contributed by atoms with E-state index in [1.165, 1.54) is 11.3 Å². The molecule has 1 atom stereocenters. The van der Waals surface area contributed by atoms with Crippen molar-refractivity contribution < 1.29 is 5.11 Å². The summed E-state index contributed by atoms with van der Waals surface area (Å²) in [7, 11) is 1.94. The first-order valence-electron chi connectivity index (χ1n) is 10.4. The summed E-state index contributed by atoms with van der Waals surface area (Å²) < 4.78 is 1.91. The molecule has 0 bridgehead atoms. The highest BCUT2D eigenvalue weighted by molar-refractivity contribution is 5.61. The van der Waals surface area contributed by atoms with E-state index in [0.717, 1.165) is 68.2 Å². The molecule has 29 heavy (non-hydrogen) atoms. The van der Waals surface area contributed by atoms with Crippen LogP contribution in [0.5, 0.6) is 0 Å². The van der Waals surface area contributed by atoms with Gasteiger partial charge in [-0.15, -0.1) is 0 Å². The van der Waals surface area contributed by atoms with Crippen LogP contribution in [-0.2, 0) is 19.9 Å². The summed E-state index contributed by atoms with van der Waals surface area (Å²) in [5.41, 5.74) is 3.51. The van der Waals surface area contributed by atoms with Crippen molar-refractivity contribution >= 4 is 5.82 Å². The zero-order valence-electron chi connectivity index (χ0n) is 16.7. The molecule has 1 fully saturated rings. The first-order valence-corrected chi connectivity index (χ1v) is 10.4. The highest BCUT2D eigenvalue weighted by atomic mass is 16.3. The van der Waals surface area contributed by atoms with Gasteiger partial charge in [-0.05, 0) is 50.2 Å². The summed E-state index contributed by atoms with van der Waals surface area (Å²) in [5.74, 6) is 2.86. The van der Waals surface area contributed by atoms with E-state index in [0.29, 0.717) is 0 Å². The van der Waals surface area contributed by atoms with Gasteiger partial charge < -0.3 is 14.6 Å². The predicted octanol–water partition coefficient (Wildman–Crippen LogP) is 2.71. The molecule has 4 heterocycles. The summed E-state index contributed by atoms with van der Waals surface area (Å²) in [6, 6.07) is 3.94. The number of piperidine rings is 1. The summed E-state index contributed by atoms with van der Waals surface area (Å²) in [6.07, 6.45) is 11.8. The Bertz CT molecular complexity index is 994. The third-order valence-electron chi connectivity index (χ3n) is 6.26. The molecule has 0 aromatic carbocycles. The molecule has 3 aromatic rings. The number of anilines is 1. The number of hydrogen-bond acceptors (Lipinski definition) is 6. The fourth-order valence-corrected chi connectivity index (χ4v) is 4.60. The SMILES string of the molecule is Cn1ccnc1C(O)C1CCN(c2nc(-c3ccncc3)nc3c2CCC3)CC1. The third kappa shape index (κ3) is 3.40. The molecule has 0 radical (unpaired) electrons. The van der Waals surface area contributed by atoms with Crippen LogP contribution in [0.25, 0.3) is 11.4 Å². The van der Waals surface area contributed by atoms with Crippen molar-refractivity contribution in [2.45, 2.75) is 38.2 Å². The molecular formula is C22H26N6O. The standard InChI is InChI=1S/C22H26N6O/c1-27-14-11-24-22(27)19(29)15-7-12-28(13-8-15)21-17-3-2-4-18(17)25-20(26-21)16-5-9-23-10-6-16/h5-6,9-11,14-15,19,29H,2-4,7-8,12-13H2,1H3. The fraction of sp³-hybridized carbons (Fsp3) is 0.455. The van der Waals surface area contributed by atoms with Gasteiger partial charge in [0.25, 0.3) is 0 Å². The van der Waals surface area contributed by atoms with Crippen LogP contribution in [-0.4, -0.2) is 42.7 Å². The van der Waals surface area contributed by atoms with E-state index in [4.69, 9.17) is 9.97 Å². The Morgan fingerprint density at radius 3 is 2.59 bits per heavy atom. The highest BCUT2D eigenvalue weighted by Crippen LogP contribution is 2.35. The topological polar surface area (TPSA) is 80.0 Å². The maximum absolute atomic E-state index is 10.8. The van der Waals surface area contributed by atoms with E-state index in [2.05, 4.69) is 14.9 Å². The van der Waals surface area contributed by atoms with Crippen LogP contribution in [0.4, 0.5) is 5.82 Å². The van der Waals surface area contributed by atoms with Gasteiger partial charge in [0.15, 0.2) is 5.82 Å². The van der Waals surface area contributed by atoms with Crippen molar-refractivity contribution in [1.82, 2.24) is 24.5 Å². The Labute approximate surface area is 170 Å². The van der Waals surface area contributed by atoms with Gasteiger partial charge in [0.05, 0.1) is 0 Å². The van der Waals surface area contributed by atoms with Crippen LogP contribution in [0.15, 0.2) is 36.9 Å². The minimum absolute atomic E-state index is 0.224. The van der Waals surface area contributed by atoms with Crippen LogP contribution < -0.4 is 4.90 Å². The van der Waals surface area contributed by atoms with Gasteiger partial charge in [0.2, 0.25) is 0 Å². The maximum Gasteiger partial charge on any atom is 0.161 e. The molecule has 1 aliphatic heterocycles. The van der Waals surface area contributed by atoms with Gasteiger partial charge in [-0.1, -0.05) is 0 Å². The quantitative estimate of drug-likeness (QED) is 0.738. The van der Waals surface area contributed by atoms with E-state index < -0.39 is 6.10 Å². The van der Waals surface area contributed by atoms with Crippen molar-refractivity contribution in [2.75, 3.05) is 18.0 Å².